The first-order valence-corrected chi connectivity index (χ1v) is 9.09. The molecule has 0 atom stereocenters. The number of carbonyl (C=O) groups excluding carboxylic acids is 3. The molecule has 0 aliphatic carbocycles. The van der Waals surface area contributed by atoms with Crippen LogP contribution in [-0.4, -0.2) is 57.3 Å². The van der Waals surface area contributed by atoms with E-state index >= 15 is 0 Å². The Morgan fingerprint density at radius 1 is 0.800 bits per heavy atom. The SMILES string of the molecule is CN.COC(=O)C(=O)c1c(C)cccc1F.CON=C(C(=O)OC)c1c(C)cccc1F.Cl.O.[Cl-]. The topological polar surface area (TPSA) is 149 Å². The molecule has 35 heavy (non-hydrogen) atoms. The number of methoxy groups -OCH3 is 2. The number of hydrogen-bond acceptors (Lipinski definition) is 8. The van der Waals surface area contributed by atoms with Crippen LogP contribution in [0, 0.1) is 25.5 Å². The lowest BCUT2D eigenvalue weighted by molar-refractivity contribution is -0.135. The third-order valence-electron chi connectivity index (χ3n) is 3.84. The van der Waals surface area contributed by atoms with Crippen molar-refractivity contribution in [3.8, 4) is 0 Å². The maximum Gasteiger partial charge on any atom is 0.379 e. The molecular weight excluding hydrogens is 513 g/mol. The molecule has 0 aliphatic rings. The number of aryl methyl sites for hydroxylation is 2. The Labute approximate surface area is 214 Å². The smallest absolute Gasteiger partial charge is 0.379 e. The van der Waals surface area contributed by atoms with Crippen molar-refractivity contribution >= 4 is 35.8 Å². The van der Waals surface area contributed by atoms with Gasteiger partial charge in [-0.05, 0) is 44.2 Å². The molecular formula is C22H29Cl2F2N2O7-. The molecule has 0 aliphatic heterocycles. The molecule has 0 fully saturated rings. The van der Waals surface area contributed by atoms with Crippen molar-refractivity contribution in [1.82, 2.24) is 0 Å². The number of halogens is 4. The van der Waals surface area contributed by atoms with Gasteiger partial charge in [-0.1, -0.05) is 29.4 Å². The monoisotopic (exact) mass is 541 g/mol. The van der Waals surface area contributed by atoms with Gasteiger partial charge in [-0.15, -0.1) is 12.4 Å². The first-order chi connectivity index (χ1) is 15.2. The molecule has 9 nitrogen and oxygen atoms in total. The van der Waals surface area contributed by atoms with Crippen LogP contribution in [0.5, 0.6) is 0 Å². The molecule has 2 aromatic carbocycles. The summed E-state index contributed by atoms with van der Waals surface area (Å²) in [6, 6.07) is 8.63. The minimum absolute atomic E-state index is 0. The molecule has 0 heterocycles. The van der Waals surface area contributed by atoms with E-state index in [-0.39, 0.29) is 47.1 Å². The van der Waals surface area contributed by atoms with E-state index in [9.17, 15) is 23.2 Å². The number of ether oxygens (including phenoxy) is 2. The van der Waals surface area contributed by atoms with E-state index in [1.54, 1.807) is 32.0 Å². The number of rotatable bonds is 5. The van der Waals surface area contributed by atoms with Gasteiger partial charge >= 0.3 is 11.9 Å². The Balaban J connectivity index is -0.000000239. The van der Waals surface area contributed by atoms with Crippen LogP contribution in [0.2, 0.25) is 0 Å². The number of esters is 2. The predicted molar refractivity (Wildman–Crippen MR) is 125 cm³/mol. The zero-order valence-corrected chi connectivity index (χ0v) is 21.6. The zero-order valence-electron chi connectivity index (χ0n) is 20.0. The first kappa shape index (κ1) is 39.1. The average molecular weight is 542 g/mol. The van der Waals surface area contributed by atoms with Gasteiger partial charge in [-0.3, -0.25) is 4.79 Å². The Hall–Kier alpha value is -3.12. The van der Waals surface area contributed by atoms with Crippen LogP contribution in [0.1, 0.15) is 27.0 Å². The van der Waals surface area contributed by atoms with Gasteiger partial charge < -0.3 is 37.9 Å². The van der Waals surface area contributed by atoms with Crippen molar-refractivity contribution in [2.45, 2.75) is 13.8 Å². The predicted octanol–water partition coefficient (Wildman–Crippen LogP) is -0.677. The lowest BCUT2D eigenvalue weighted by Crippen LogP contribution is -3.00. The summed E-state index contributed by atoms with van der Waals surface area (Å²) in [5.41, 5.74) is 5.19. The number of benzene rings is 2. The van der Waals surface area contributed by atoms with Gasteiger partial charge in [-0.25, -0.2) is 18.4 Å². The molecule has 0 aromatic heterocycles. The van der Waals surface area contributed by atoms with Gasteiger partial charge in [-0.2, -0.15) is 0 Å². The molecule has 0 saturated heterocycles. The van der Waals surface area contributed by atoms with Gasteiger partial charge in [0.25, 0.3) is 5.78 Å². The molecule has 0 unspecified atom stereocenters. The lowest BCUT2D eigenvalue weighted by Gasteiger charge is -2.07. The molecule has 0 saturated carbocycles. The van der Waals surface area contributed by atoms with Crippen LogP contribution in [0.3, 0.4) is 0 Å². The van der Waals surface area contributed by atoms with Gasteiger partial charge in [0, 0.05) is 5.56 Å². The molecule has 198 valence electrons. The fourth-order valence-corrected chi connectivity index (χ4v) is 2.42. The van der Waals surface area contributed by atoms with E-state index in [0.29, 0.717) is 11.1 Å². The molecule has 13 heteroatoms. The van der Waals surface area contributed by atoms with E-state index in [1.807, 2.05) is 0 Å². The van der Waals surface area contributed by atoms with Crippen molar-refractivity contribution in [2.75, 3.05) is 28.4 Å². The number of oxime groups is 1. The minimum Gasteiger partial charge on any atom is -1.00 e. The van der Waals surface area contributed by atoms with Crippen molar-refractivity contribution in [2.24, 2.45) is 10.9 Å². The van der Waals surface area contributed by atoms with Crippen molar-refractivity contribution in [3.63, 3.8) is 0 Å². The Bertz CT molecular complexity index is 950. The molecule has 4 N–H and O–H groups in total. The Morgan fingerprint density at radius 2 is 1.20 bits per heavy atom. The Kier molecular flexibility index (Phi) is 22.7. The van der Waals surface area contributed by atoms with E-state index in [1.165, 1.54) is 33.4 Å². The van der Waals surface area contributed by atoms with Crippen LogP contribution < -0.4 is 18.1 Å². The summed E-state index contributed by atoms with van der Waals surface area (Å²) < 4.78 is 35.5. The van der Waals surface area contributed by atoms with E-state index in [0.717, 1.165) is 13.2 Å². The third kappa shape index (κ3) is 11.2. The number of hydrogen-bond donors (Lipinski definition) is 1. The van der Waals surface area contributed by atoms with E-state index < -0.39 is 29.4 Å². The second-order valence-electron chi connectivity index (χ2n) is 5.80. The quantitative estimate of drug-likeness (QED) is 0.173. The van der Waals surface area contributed by atoms with E-state index in [2.05, 4.69) is 25.2 Å². The van der Waals surface area contributed by atoms with Crippen LogP contribution >= 0.6 is 12.4 Å². The highest BCUT2D eigenvalue weighted by molar-refractivity contribution is 6.43. The van der Waals surface area contributed by atoms with Crippen LogP contribution in [0.15, 0.2) is 41.6 Å². The van der Waals surface area contributed by atoms with Crippen molar-refractivity contribution in [1.29, 1.82) is 0 Å². The second-order valence-corrected chi connectivity index (χ2v) is 5.80. The zero-order chi connectivity index (χ0) is 24.8. The summed E-state index contributed by atoms with van der Waals surface area (Å²) in [7, 11) is 5.05. The summed E-state index contributed by atoms with van der Waals surface area (Å²) in [5.74, 6) is -4.00. The van der Waals surface area contributed by atoms with Crippen molar-refractivity contribution < 1.29 is 55.4 Å². The highest BCUT2D eigenvalue weighted by Crippen LogP contribution is 2.15. The number of Topliss-reactive ketones (excluding diaryl/α,β-unsaturated/α-hetero) is 1. The molecule has 0 spiro atoms. The van der Waals surface area contributed by atoms with Gasteiger partial charge in [0.05, 0.1) is 19.8 Å². The highest BCUT2D eigenvalue weighted by atomic mass is 35.5. The van der Waals surface area contributed by atoms with Gasteiger partial charge in [0.1, 0.15) is 18.7 Å². The van der Waals surface area contributed by atoms with Crippen LogP contribution in [0.4, 0.5) is 8.78 Å². The molecule has 2 aromatic rings. The Morgan fingerprint density at radius 3 is 1.54 bits per heavy atom. The van der Waals surface area contributed by atoms with Crippen molar-refractivity contribution in [3.05, 3.63) is 70.3 Å². The summed E-state index contributed by atoms with van der Waals surface area (Å²) in [4.78, 5) is 38.1. The van der Waals surface area contributed by atoms with Crippen LogP contribution in [0.25, 0.3) is 0 Å². The average Bonchev–Trinajstić information content (AvgIpc) is 2.78. The maximum atomic E-state index is 13.6. The third-order valence-corrected chi connectivity index (χ3v) is 3.84. The van der Waals surface area contributed by atoms with Gasteiger partial charge in [0.15, 0.2) is 5.71 Å². The molecule has 0 amide bonds. The number of nitrogens with zero attached hydrogens (tertiary/aromatic N) is 1. The second kappa shape index (κ2) is 20.3. The first-order valence-electron chi connectivity index (χ1n) is 9.09. The van der Waals surface area contributed by atoms with Crippen LogP contribution in [-0.2, 0) is 23.9 Å². The fraction of sp³-hybridized carbons (Fsp3) is 0.273. The number of ketones is 1. The molecule has 0 radical (unpaired) electrons. The van der Waals surface area contributed by atoms with Gasteiger partial charge in [0.2, 0.25) is 0 Å². The standard InChI is InChI=1S/C11H12FNO3.C10H9FO3.CH5N.2ClH.H2O/c1-7-5-4-6-8(12)9(7)10(13-16-3)11(14)15-2;1-6-4-3-5-7(11)8(6)9(12)10(13)14-2;1-2;;;/h4-6H,1-3H3;3-5H,1-2H3;2H2,1H3;2*1H;1H2/p-1. The fourth-order valence-electron chi connectivity index (χ4n) is 2.42. The van der Waals surface area contributed by atoms with E-state index in [4.69, 9.17) is 0 Å². The lowest BCUT2D eigenvalue weighted by atomic mass is 10.0. The summed E-state index contributed by atoms with van der Waals surface area (Å²) in [6.45, 7) is 3.23. The number of carbonyl (C=O) groups is 3. The molecule has 2 rings (SSSR count). The molecule has 0 bridgehead atoms. The largest absolute Gasteiger partial charge is 1.00 e. The normalized spacial score (nSPS) is 9.11. The maximum absolute atomic E-state index is 13.6. The minimum atomic E-state index is -1.06. The summed E-state index contributed by atoms with van der Waals surface area (Å²) in [5, 5.41) is 3.49. The highest BCUT2D eigenvalue weighted by Gasteiger charge is 2.22. The summed E-state index contributed by atoms with van der Waals surface area (Å²) >= 11 is 0. The summed E-state index contributed by atoms with van der Waals surface area (Å²) in [6.07, 6.45) is 0. The number of nitrogens with two attached hydrogens (primary N) is 1.